The first-order chi connectivity index (χ1) is 14.9. The average molecular weight is 463 g/mol. The minimum absolute atomic E-state index is 0.0121. The topological polar surface area (TPSA) is 81.8 Å². The van der Waals surface area contributed by atoms with E-state index >= 15 is 0 Å². The van der Waals surface area contributed by atoms with E-state index in [4.69, 9.17) is 23.2 Å². The highest BCUT2D eigenvalue weighted by Gasteiger charge is 2.22. The quantitative estimate of drug-likeness (QED) is 0.644. The van der Waals surface area contributed by atoms with E-state index in [1.165, 1.54) is 0 Å². The van der Waals surface area contributed by atoms with Gasteiger partial charge in [0.05, 0.1) is 0 Å². The lowest BCUT2D eigenvalue weighted by molar-refractivity contribution is -0.139. The van der Waals surface area contributed by atoms with Crippen molar-refractivity contribution in [2.24, 2.45) is 0 Å². The maximum absolute atomic E-state index is 12.5. The SMILES string of the molecule is O=C(NCCN1CCN(C(=O)c2ccc(Cl)cc2)CC1)C(=O)NCc1ccc(Cl)cc1. The molecule has 0 saturated carbocycles. The van der Waals surface area contributed by atoms with Crippen LogP contribution in [0.4, 0.5) is 0 Å². The molecule has 1 heterocycles. The average Bonchev–Trinajstić information content (AvgIpc) is 2.79. The van der Waals surface area contributed by atoms with Crippen LogP contribution in [-0.4, -0.2) is 66.8 Å². The lowest BCUT2D eigenvalue weighted by Gasteiger charge is -2.34. The molecule has 164 valence electrons. The maximum atomic E-state index is 12.5. The minimum Gasteiger partial charge on any atom is -0.347 e. The van der Waals surface area contributed by atoms with Crippen LogP contribution < -0.4 is 10.6 Å². The third-order valence-electron chi connectivity index (χ3n) is 5.04. The highest BCUT2D eigenvalue weighted by Crippen LogP contribution is 2.13. The number of hydrogen-bond donors (Lipinski definition) is 2. The molecule has 3 rings (SSSR count). The van der Waals surface area contributed by atoms with Gasteiger partial charge < -0.3 is 15.5 Å². The standard InChI is InChI=1S/C22H24Cl2N4O3/c23-18-5-1-16(2-6-18)15-26-21(30)20(29)25-9-10-27-11-13-28(14-12-27)22(31)17-3-7-19(24)8-4-17/h1-8H,9-15H2,(H,25,29)(H,26,30). The molecule has 0 atom stereocenters. The Bertz CT molecular complexity index is 911. The van der Waals surface area contributed by atoms with E-state index < -0.39 is 11.8 Å². The van der Waals surface area contributed by atoms with Gasteiger partial charge >= 0.3 is 11.8 Å². The Balaban J connectivity index is 1.33. The van der Waals surface area contributed by atoms with E-state index in [9.17, 15) is 14.4 Å². The van der Waals surface area contributed by atoms with Crippen LogP contribution in [0.2, 0.25) is 10.0 Å². The van der Waals surface area contributed by atoms with Crippen molar-refractivity contribution in [3.8, 4) is 0 Å². The second-order valence-electron chi connectivity index (χ2n) is 7.21. The van der Waals surface area contributed by atoms with Crippen molar-refractivity contribution in [3.05, 3.63) is 69.7 Å². The monoisotopic (exact) mass is 462 g/mol. The summed E-state index contributed by atoms with van der Waals surface area (Å²) in [6.07, 6.45) is 0. The number of benzene rings is 2. The van der Waals surface area contributed by atoms with E-state index in [0.717, 1.165) is 5.56 Å². The Morgan fingerprint density at radius 1 is 0.774 bits per heavy atom. The summed E-state index contributed by atoms with van der Waals surface area (Å²) in [6, 6.07) is 13.9. The molecular weight excluding hydrogens is 439 g/mol. The number of nitrogens with zero attached hydrogens (tertiary/aromatic N) is 2. The molecule has 1 aliphatic heterocycles. The summed E-state index contributed by atoms with van der Waals surface area (Å²) in [5, 5.41) is 6.43. The fourth-order valence-corrected chi connectivity index (χ4v) is 3.47. The number of carbonyl (C=O) groups excluding carboxylic acids is 3. The molecule has 0 spiro atoms. The molecule has 0 bridgehead atoms. The molecule has 1 saturated heterocycles. The Labute approximate surface area is 191 Å². The first-order valence-corrected chi connectivity index (χ1v) is 10.8. The summed E-state index contributed by atoms with van der Waals surface area (Å²) in [7, 11) is 0. The summed E-state index contributed by atoms with van der Waals surface area (Å²) in [5.74, 6) is -1.35. The van der Waals surface area contributed by atoms with Gasteiger partial charge in [0.25, 0.3) is 5.91 Å². The second-order valence-corrected chi connectivity index (χ2v) is 8.08. The van der Waals surface area contributed by atoms with Gasteiger partial charge in [-0.3, -0.25) is 19.3 Å². The number of halogens is 2. The lowest BCUT2D eigenvalue weighted by Crippen LogP contribution is -2.50. The van der Waals surface area contributed by atoms with Crippen LogP contribution >= 0.6 is 23.2 Å². The van der Waals surface area contributed by atoms with Crippen molar-refractivity contribution in [2.75, 3.05) is 39.3 Å². The normalized spacial score (nSPS) is 14.2. The molecule has 7 nitrogen and oxygen atoms in total. The summed E-state index contributed by atoms with van der Waals surface area (Å²) in [4.78, 5) is 40.4. The summed E-state index contributed by atoms with van der Waals surface area (Å²) in [5.41, 5.74) is 1.48. The number of piperazine rings is 1. The van der Waals surface area contributed by atoms with E-state index in [1.807, 2.05) is 4.90 Å². The fourth-order valence-electron chi connectivity index (χ4n) is 3.22. The van der Waals surface area contributed by atoms with E-state index in [-0.39, 0.29) is 12.5 Å². The van der Waals surface area contributed by atoms with Gasteiger partial charge in [-0.1, -0.05) is 35.3 Å². The van der Waals surface area contributed by atoms with Crippen molar-refractivity contribution in [1.82, 2.24) is 20.4 Å². The van der Waals surface area contributed by atoms with Crippen LogP contribution in [0, 0.1) is 0 Å². The van der Waals surface area contributed by atoms with Gasteiger partial charge in [-0.2, -0.15) is 0 Å². The molecule has 9 heteroatoms. The van der Waals surface area contributed by atoms with E-state index in [2.05, 4.69) is 15.5 Å². The van der Waals surface area contributed by atoms with Gasteiger partial charge in [0.15, 0.2) is 0 Å². The first-order valence-electron chi connectivity index (χ1n) is 10.00. The molecule has 1 aliphatic rings. The molecule has 2 N–H and O–H groups in total. The Hall–Kier alpha value is -2.61. The van der Waals surface area contributed by atoms with Crippen molar-refractivity contribution in [2.45, 2.75) is 6.54 Å². The van der Waals surface area contributed by atoms with Crippen LogP contribution in [0.15, 0.2) is 48.5 Å². The van der Waals surface area contributed by atoms with Gasteiger partial charge in [-0.05, 0) is 42.0 Å². The van der Waals surface area contributed by atoms with E-state index in [1.54, 1.807) is 48.5 Å². The number of amides is 3. The van der Waals surface area contributed by atoms with Gasteiger partial charge in [-0.15, -0.1) is 0 Å². The molecule has 2 aromatic rings. The molecule has 2 aromatic carbocycles. The largest absolute Gasteiger partial charge is 0.347 e. The second kappa shape index (κ2) is 11.1. The lowest BCUT2D eigenvalue weighted by atomic mass is 10.2. The smallest absolute Gasteiger partial charge is 0.309 e. The Morgan fingerprint density at radius 3 is 1.94 bits per heavy atom. The number of carbonyl (C=O) groups is 3. The number of hydrogen-bond acceptors (Lipinski definition) is 4. The zero-order chi connectivity index (χ0) is 22.2. The maximum Gasteiger partial charge on any atom is 0.309 e. The van der Waals surface area contributed by atoms with Crippen molar-refractivity contribution in [3.63, 3.8) is 0 Å². The van der Waals surface area contributed by atoms with Crippen LogP contribution in [0.3, 0.4) is 0 Å². The van der Waals surface area contributed by atoms with Gasteiger partial charge in [0.1, 0.15) is 0 Å². The van der Waals surface area contributed by atoms with Crippen LogP contribution in [0.5, 0.6) is 0 Å². The van der Waals surface area contributed by atoms with Gasteiger partial charge in [0.2, 0.25) is 0 Å². The van der Waals surface area contributed by atoms with Gasteiger partial charge in [-0.25, -0.2) is 0 Å². The first kappa shape index (κ1) is 23.1. The highest BCUT2D eigenvalue weighted by atomic mass is 35.5. The molecule has 31 heavy (non-hydrogen) atoms. The molecule has 0 unspecified atom stereocenters. The molecule has 0 aromatic heterocycles. The Kier molecular flexibility index (Phi) is 8.28. The molecule has 0 aliphatic carbocycles. The van der Waals surface area contributed by atoms with Crippen molar-refractivity contribution >= 4 is 40.9 Å². The number of nitrogens with one attached hydrogen (secondary N) is 2. The molecule has 3 amide bonds. The predicted octanol–water partition coefficient (Wildman–Crippen LogP) is 2.18. The van der Waals surface area contributed by atoms with Gasteiger partial charge in [0, 0.05) is 61.4 Å². The van der Waals surface area contributed by atoms with Crippen LogP contribution in [-0.2, 0) is 16.1 Å². The third kappa shape index (κ3) is 6.95. The molecule has 0 radical (unpaired) electrons. The third-order valence-corrected chi connectivity index (χ3v) is 5.54. The highest BCUT2D eigenvalue weighted by molar-refractivity contribution is 6.35. The number of rotatable bonds is 6. The zero-order valence-corrected chi connectivity index (χ0v) is 18.5. The summed E-state index contributed by atoms with van der Waals surface area (Å²) in [6.45, 7) is 3.86. The fraction of sp³-hybridized carbons (Fsp3) is 0.318. The zero-order valence-electron chi connectivity index (χ0n) is 16.9. The van der Waals surface area contributed by atoms with Crippen molar-refractivity contribution < 1.29 is 14.4 Å². The van der Waals surface area contributed by atoms with Crippen LogP contribution in [0.1, 0.15) is 15.9 Å². The van der Waals surface area contributed by atoms with E-state index in [0.29, 0.717) is 54.9 Å². The predicted molar refractivity (Wildman–Crippen MR) is 120 cm³/mol. The summed E-state index contributed by atoms with van der Waals surface area (Å²) >= 11 is 11.7. The van der Waals surface area contributed by atoms with Crippen molar-refractivity contribution in [1.29, 1.82) is 0 Å². The summed E-state index contributed by atoms with van der Waals surface area (Å²) < 4.78 is 0. The molecule has 1 fully saturated rings. The Morgan fingerprint density at radius 2 is 1.32 bits per heavy atom. The minimum atomic E-state index is -0.673. The van der Waals surface area contributed by atoms with Crippen LogP contribution in [0.25, 0.3) is 0 Å². The molecular formula is C22H24Cl2N4O3.